The number of nitriles is 1. The van der Waals surface area contributed by atoms with Crippen LogP contribution < -0.4 is 5.73 Å². The van der Waals surface area contributed by atoms with E-state index in [1.54, 1.807) is 6.07 Å². The predicted octanol–water partition coefficient (Wildman–Crippen LogP) is 5.37. The molecule has 0 aliphatic heterocycles. The zero-order valence-electron chi connectivity index (χ0n) is 17.7. The standard InChI is InChI=1S/C27H21N5/c1-17-24-16-30-25-9-8-20(19-5-3-6-21(13-19)27(29)10-11-27)14-23(25)26(24)32(31-17)22-7-2-4-18(12-22)15-28/h2-9,12-14,16H,10-11,29H2,1H3. The summed E-state index contributed by atoms with van der Waals surface area (Å²) in [7, 11) is 0. The lowest BCUT2D eigenvalue weighted by atomic mass is 9.97. The van der Waals surface area contributed by atoms with Crippen LogP contribution in [0.5, 0.6) is 0 Å². The van der Waals surface area contributed by atoms with Gasteiger partial charge in [0.15, 0.2) is 0 Å². The van der Waals surface area contributed by atoms with Gasteiger partial charge in [-0.1, -0.05) is 30.3 Å². The quantitative estimate of drug-likeness (QED) is 0.430. The first-order valence-corrected chi connectivity index (χ1v) is 10.7. The Labute approximate surface area is 185 Å². The topological polar surface area (TPSA) is 80.5 Å². The molecule has 0 atom stereocenters. The predicted molar refractivity (Wildman–Crippen MR) is 126 cm³/mol. The van der Waals surface area contributed by atoms with Crippen LogP contribution in [-0.2, 0) is 5.54 Å². The van der Waals surface area contributed by atoms with Crippen molar-refractivity contribution in [2.24, 2.45) is 5.73 Å². The van der Waals surface area contributed by atoms with Crippen molar-refractivity contribution in [3.8, 4) is 22.9 Å². The number of aromatic nitrogens is 3. The van der Waals surface area contributed by atoms with E-state index < -0.39 is 0 Å². The average molecular weight is 416 g/mol. The van der Waals surface area contributed by atoms with E-state index in [1.807, 2.05) is 36.0 Å². The van der Waals surface area contributed by atoms with E-state index in [0.29, 0.717) is 5.56 Å². The van der Waals surface area contributed by atoms with Crippen LogP contribution in [0.4, 0.5) is 0 Å². The minimum Gasteiger partial charge on any atom is -0.321 e. The fraction of sp³-hybridized carbons (Fsp3) is 0.148. The molecule has 3 aromatic carbocycles. The van der Waals surface area contributed by atoms with Gasteiger partial charge in [-0.25, -0.2) is 4.68 Å². The van der Waals surface area contributed by atoms with Crippen LogP contribution in [0.25, 0.3) is 38.6 Å². The molecule has 0 amide bonds. The van der Waals surface area contributed by atoms with Crippen LogP contribution in [0, 0.1) is 18.3 Å². The summed E-state index contributed by atoms with van der Waals surface area (Å²) >= 11 is 0. The molecule has 1 fully saturated rings. The van der Waals surface area contributed by atoms with Gasteiger partial charge in [0.1, 0.15) is 0 Å². The van der Waals surface area contributed by atoms with Gasteiger partial charge in [0.2, 0.25) is 0 Å². The molecule has 5 heteroatoms. The summed E-state index contributed by atoms with van der Waals surface area (Å²) < 4.78 is 1.93. The molecule has 1 saturated carbocycles. The van der Waals surface area contributed by atoms with Crippen molar-refractivity contribution in [1.82, 2.24) is 14.8 Å². The normalized spacial score (nSPS) is 14.5. The molecule has 0 bridgehead atoms. The molecular weight excluding hydrogens is 394 g/mol. The molecule has 0 unspecified atom stereocenters. The van der Waals surface area contributed by atoms with Crippen LogP contribution in [0.2, 0.25) is 0 Å². The van der Waals surface area contributed by atoms with Crippen molar-refractivity contribution in [3.05, 3.63) is 89.7 Å². The van der Waals surface area contributed by atoms with Crippen molar-refractivity contribution < 1.29 is 0 Å². The minimum absolute atomic E-state index is 0.164. The second-order valence-electron chi connectivity index (χ2n) is 8.65. The Morgan fingerprint density at radius 1 is 0.969 bits per heavy atom. The highest BCUT2D eigenvalue weighted by molar-refractivity contribution is 6.06. The first kappa shape index (κ1) is 18.7. The third-order valence-electron chi connectivity index (χ3n) is 6.47. The highest BCUT2D eigenvalue weighted by atomic mass is 15.3. The van der Waals surface area contributed by atoms with E-state index in [-0.39, 0.29) is 5.54 Å². The van der Waals surface area contributed by atoms with E-state index in [4.69, 9.17) is 10.8 Å². The maximum atomic E-state index is 9.35. The molecule has 0 saturated heterocycles. The highest BCUT2D eigenvalue weighted by Crippen LogP contribution is 2.43. The van der Waals surface area contributed by atoms with Gasteiger partial charge in [0.25, 0.3) is 0 Å². The van der Waals surface area contributed by atoms with Crippen LogP contribution in [0.3, 0.4) is 0 Å². The number of pyridine rings is 1. The third kappa shape index (κ3) is 2.89. The highest BCUT2D eigenvalue weighted by Gasteiger charge is 2.39. The second kappa shape index (κ2) is 6.74. The molecule has 2 heterocycles. The first-order valence-electron chi connectivity index (χ1n) is 10.7. The van der Waals surface area contributed by atoms with Gasteiger partial charge in [-0.05, 0) is 72.9 Å². The number of aryl methyl sites for hydroxylation is 1. The van der Waals surface area contributed by atoms with Crippen molar-refractivity contribution in [2.75, 3.05) is 0 Å². The van der Waals surface area contributed by atoms with Crippen molar-refractivity contribution >= 4 is 21.8 Å². The third-order valence-corrected chi connectivity index (χ3v) is 6.47. The molecule has 0 radical (unpaired) electrons. The lowest BCUT2D eigenvalue weighted by Gasteiger charge is -2.12. The first-order chi connectivity index (χ1) is 15.6. The Balaban J connectivity index is 1.59. The number of nitrogens with two attached hydrogens (primary N) is 1. The lowest BCUT2D eigenvalue weighted by Crippen LogP contribution is -2.18. The van der Waals surface area contributed by atoms with E-state index in [2.05, 4.69) is 53.5 Å². The SMILES string of the molecule is Cc1nn(-c2cccc(C#N)c2)c2c1cnc1ccc(-c3cccc(C4(N)CC4)c3)cc12. The maximum absolute atomic E-state index is 9.35. The molecule has 154 valence electrons. The molecule has 2 N–H and O–H groups in total. The van der Waals surface area contributed by atoms with Crippen molar-refractivity contribution in [1.29, 1.82) is 5.26 Å². The molecule has 5 aromatic rings. The number of hydrogen-bond donors (Lipinski definition) is 1. The molecule has 1 aliphatic rings. The monoisotopic (exact) mass is 415 g/mol. The Hall–Kier alpha value is -4.01. The smallest absolute Gasteiger partial charge is 0.0992 e. The van der Waals surface area contributed by atoms with Gasteiger partial charge in [-0.15, -0.1) is 0 Å². The summed E-state index contributed by atoms with van der Waals surface area (Å²) in [6, 6.07) is 24.6. The molecular formula is C27H21N5. The zero-order chi connectivity index (χ0) is 21.9. The number of nitrogens with zero attached hydrogens (tertiary/aromatic N) is 4. The van der Waals surface area contributed by atoms with E-state index >= 15 is 0 Å². The molecule has 6 rings (SSSR count). The minimum atomic E-state index is -0.164. The maximum Gasteiger partial charge on any atom is 0.0992 e. The Morgan fingerprint density at radius 3 is 2.59 bits per heavy atom. The lowest BCUT2D eigenvalue weighted by molar-refractivity contribution is 0.740. The van der Waals surface area contributed by atoms with Crippen molar-refractivity contribution in [2.45, 2.75) is 25.3 Å². The fourth-order valence-corrected chi connectivity index (χ4v) is 4.43. The van der Waals surface area contributed by atoms with Crippen LogP contribution in [-0.4, -0.2) is 14.8 Å². The average Bonchev–Trinajstić information content (AvgIpc) is 3.50. The fourth-order valence-electron chi connectivity index (χ4n) is 4.43. The molecule has 5 nitrogen and oxygen atoms in total. The number of fused-ring (bicyclic) bond motifs is 3. The van der Waals surface area contributed by atoms with Gasteiger partial charge in [-0.3, -0.25) is 4.98 Å². The van der Waals surface area contributed by atoms with Crippen LogP contribution in [0.1, 0.15) is 29.7 Å². The summed E-state index contributed by atoms with van der Waals surface area (Å²) in [6.07, 6.45) is 3.97. The largest absolute Gasteiger partial charge is 0.321 e. The summed E-state index contributed by atoms with van der Waals surface area (Å²) in [6.45, 7) is 1.99. The Bertz CT molecular complexity index is 1570. The number of benzene rings is 3. The van der Waals surface area contributed by atoms with Gasteiger partial charge < -0.3 is 5.73 Å². The summed E-state index contributed by atoms with van der Waals surface area (Å²) in [5, 5.41) is 16.2. The summed E-state index contributed by atoms with van der Waals surface area (Å²) in [5.41, 5.74) is 14.0. The summed E-state index contributed by atoms with van der Waals surface area (Å²) in [4.78, 5) is 4.69. The van der Waals surface area contributed by atoms with E-state index in [9.17, 15) is 5.26 Å². The van der Waals surface area contributed by atoms with Crippen molar-refractivity contribution in [3.63, 3.8) is 0 Å². The molecule has 32 heavy (non-hydrogen) atoms. The van der Waals surface area contributed by atoms with Crippen LogP contribution in [0.15, 0.2) is 72.9 Å². The van der Waals surface area contributed by atoms with Gasteiger partial charge in [-0.2, -0.15) is 10.4 Å². The van der Waals surface area contributed by atoms with Crippen LogP contribution >= 0.6 is 0 Å². The van der Waals surface area contributed by atoms with E-state index in [0.717, 1.165) is 57.2 Å². The van der Waals surface area contributed by atoms with Gasteiger partial charge in [0.05, 0.1) is 34.0 Å². The number of hydrogen-bond acceptors (Lipinski definition) is 4. The van der Waals surface area contributed by atoms with Gasteiger partial charge >= 0.3 is 0 Å². The zero-order valence-corrected chi connectivity index (χ0v) is 17.7. The molecule has 2 aromatic heterocycles. The Morgan fingerprint density at radius 2 is 1.78 bits per heavy atom. The van der Waals surface area contributed by atoms with Gasteiger partial charge in [0, 0.05) is 22.5 Å². The molecule has 0 spiro atoms. The second-order valence-corrected chi connectivity index (χ2v) is 8.65. The number of rotatable bonds is 3. The van der Waals surface area contributed by atoms with E-state index in [1.165, 1.54) is 5.56 Å². The molecule has 1 aliphatic carbocycles. The summed E-state index contributed by atoms with van der Waals surface area (Å²) in [5.74, 6) is 0. The Kier molecular flexibility index (Phi) is 3.95.